The van der Waals surface area contributed by atoms with Gasteiger partial charge in [-0.15, -0.1) is 11.3 Å². The van der Waals surface area contributed by atoms with Crippen LogP contribution in [0.4, 0.5) is 0 Å². The van der Waals surface area contributed by atoms with Crippen molar-refractivity contribution in [2.24, 2.45) is 0 Å². The molecule has 2 unspecified atom stereocenters. The Morgan fingerprint density at radius 3 is 2.90 bits per heavy atom. The monoisotopic (exact) mass is 323 g/mol. The Kier molecular flexibility index (Phi) is 4.33. The molecule has 3 nitrogen and oxygen atoms in total. The number of nitrogens with one attached hydrogen (secondary N) is 1. The van der Waals surface area contributed by atoms with Gasteiger partial charge in [0, 0.05) is 4.70 Å². The van der Waals surface area contributed by atoms with E-state index in [-0.39, 0.29) is 11.3 Å². The highest BCUT2D eigenvalue weighted by Gasteiger charge is 2.36. The zero-order chi connectivity index (χ0) is 14.9. The summed E-state index contributed by atoms with van der Waals surface area (Å²) in [6.07, 6.45) is 2.58. The van der Waals surface area contributed by atoms with E-state index >= 15 is 0 Å². The summed E-state index contributed by atoms with van der Waals surface area (Å²) in [6.45, 7) is 2.82. The lowest BCUT2D eigenvalue weighted by Crippen LogP contribution is -2.40. The van der Waals surface area contributed by atoms with Crippen LogP contribution in [-0.4, -0.2) is 26.0 Å². The summed E-state index contributed by atoms with van der Waals surface area (Å²) >= 11 is 1.70. The highest BCUT2D eigenvalue weighted by molar-refractivity contribution is 7.92. The average molecular weight is 323 g/mol. The molecule has 0 aliphatic carbocycles. The van der Waals surface area contributed by atoms with E-state index in [4.69, 9.17) is 0 Å². The lowest BCUT2D eigenvalue weighted by atomic mass is 9.99. The van der Waals surface area contributed by atoms with E-state index in [0.717, 1.165) is 31.4 Å². The normalized spacial score (nSPS) is 23.2. The Balaban J connectivity index is 2.05. The van der Waals surface area contributed by atoms with Crippen LogP contribution in [0.5, 0.6) is 0 Å². The molecule has 3 rings (SSSR count). The van der Waals surface area contributed by atoms with Gasteiger partial charge in [-0.2, -0.15) is 0 Å². The molecule has 0 saturated carbocycles. The van der Waals surface area contributed by atoms with Crippen molar-refractivity contribution < 1.29 is 8.42 Å². The minimum atomic E-state index is -3.00. The van der Waals surface area contributed by atoms with Crippen LogP contribution in [0.25, 0.3) is 10.1 Å². The number of benzene rings is 1. The number of rotatable bonds is 4. The standard InChI is InChI=1S/C16H21NO2S2/c1-2-17-16(15-9-5-6-10-21(15,18)19)13-11-20-14-8-4-3-7-12(13)14/h3-4,7-8,11,15-17H,2,5-6,9-10H2,1H3. The quantitative estimate of drug-likeness (QED) is 0.936. The van der Waals surface area contributed by atoms with Crippen molar-refractivity contribution in [1.29, 1.82) is 0 Å². The zero-order valence-corrected chi connectivity index (χ0v) is 13.8. The third kappa shape index (κ3) is 2.87. The van der Waals surface area contributed by atoms with E-state index in [0.29, 0.717) is 5.75 Å². The van der Waals surface area contributed by atoms with Crippen LogP contribution in [0, 0.1) is 0 Å². The molecule has 1 aliphatic rings. The van der Waals surface area contributed by atoms with E-state index in [1.165, 1.54) is 10.1 Å². The number of sulfone groups is 1. The predicted molar refractivity (Wildman–Crippen MR) is 89.7 cm³/mol. The van der Waals surface area contributed by atoms with Crippen LogP contribution in [0.2, 0.25) is 0 Å². The van der Waals surface area contributed by atoms with Crippen molar-refractivity contribution in [1.82, 2.24) is 5.32 Å². The Hall–Kier alpha value is -0.910. The van der Waals surface area contributed by atoms with Gasteiger partial charge in [0.15, 0.2) is 9.84 Å². The molecule has 1 fully saturated rings. The first-order valence-electron chi connectivity index (χ1n) is 7.54. The van der Waals surface area contributed by atoms with E-state index in [2.05, 4.69) is 22.8 Å². The number of fused-ring (bicyclic) bond motifs is 1. The summed E-state index contributed by atoms with van der Waals surface area (Å²) in [6, 6.07) is 8.17. The molecule has 21 heavy (non-hydrogen) atoms. The van der Waals surface area contributed by atoms with Gasteiger partial charge in [0.25, 0.3) is 0 Å². The lowest BCUT2D eigenvalue weighted by molar-refractivity contribution is 0.456. The lowest BCUT2D eigenvalue weighted by Gasteiger charge is -2.30. The fourth-order valence-corrected chi connectivity index (χ4v) is 6.34. The van der Waals surface area contributed by atoms with Crippen LogP contribution in [0.15, 0.2) is 29.6 Å². The van der Waals surface area contributed by atoms with Crippen LogP contribution >= 0.6 is 11.3 Å². The maximum Gasteiger partial charge on any atom is 0.155 e. The molecule has 2 aromatic rings. The second kappa shape index (κ2) is 6.07. The van der Waals surface area contributed by atoms with Crippen molar-refractivity contribution >= 4 is 31.3 Å². The molecule has 1 aliphatic heterocycles. The fraction of sp³-hybridized carbons (Fsp3) is 0.500. The molecule has 1 aromatic carbocycles. The molecular formula is C16H21NO2S2. The molecule has 2 atom stereocenters. The van der Waals surface area contributed by atoms with Crippen LogP contribution in [0.1, 0.15) is 37.8 Å². The summed E-state index contributed by atoms with van der Waals surface area (Å²) in [7, 11) is -3.00. The molecule has 114 valence electrons. The molecule has 0 radical (unpaired) electrons. The van der Waals surface area contributed by atoms with Gasteiger partial charge in [0.05, 0.1) is 17.0 Å². The number of thiophene rings is 1. The molecule has 0 spiro atoms. The SMILES string of the molecule is CCNC(c1csc2ccccc12)C1CCCCS1(=O)=O. The highest BCUT2D eigenvalue weighted by atomic mass is 32.2. The maximum atomic E-state index is 12.5. The Labute approximate surface area is 130 Å². The zero-order valence-electron chi connectivity index (χ0n) is 12.2. The first-order valence-corrected chi connectivity index (χ1v) is 10.1. The highest BCUT2D eigenvalue weighted by Crippen LogP contribution is 2.36. The van der Waals surface area contributed by atoms with Crippen LogP contribution < -0.4 is 5.32 Å². The third-order valence-electron chi connectivity index (χ3n) is 4.27. The minimum absolute atomic E-state index is 0.0866. The van der Waals surface area contributed by atoms with Crippen molar-refractivity contribution in [2.45, 2.75) is 37.5 Å². The second-order valence-corrected chi connectivity index (χ2v) is 8.87. The summed E-state index contributed by atoms with van der Waals surface area (Å²) in [5.41, 5.74) is 1.15. The van der Waals surface area contributed by atoms with Gasteiger partial charge in [-0.05, 0) is 41.8 Å². The Morgan fingerprint density at radius 1 is 1.33 bits per heavy atom. The Bertz CT molecular complexity index is 721. The van der Waals surface area contributed by atoms with Crippen LogP contribution in [0.3, 0.4) is 0 Å². The van der Waals surface area contributed by atoms with Gasteiger partial charge in [0.2, 0.25) is 0 Å². The third-order valence-corrected chi connectivity index (χ3v) is 7.54. The number of hydrogen-bond donors (Lipinski definition) is 1. The first kappa shape index (κ1) is 15.0. The van der Waals surface area contributed by atoms with Gasteiger partial charge in [0.1, 0.15) is 0 Å². The first-order chi connectivity index (χ1) is 10.1. The molecular weight excluding hydrogens is 302 g/mol. The van der Waals surface area contributed by atoms with E-state index in [1.807, 2.05) is 19.1 Å². The molecule has 0 amide bonds. The summed E-state index contributed by atoms with van der Waals surface area (Å²) in [5.74, 6) is 0.335. The van der Waals surface area contributed by atoms with Crippen molar-refractivity contribution in [3.63, 3.8) is 0 Å². The Morgan fingerprint density at radius 2 is 2.14 bits per heavy atom. The maximum absolute atomic E-state index is 12.5. The topological polar surface area (TPSA) is 46.2 Å². The number of hydrogen-bond acceptors (Lipinski definition) is 4. The molecule has 0 bridgehead atoms. The summed E-state index contributed by atoms with van der Waals surface area (Å²) in [5, 5.41) is 6.46. The van der Waals surface area contributed by atoms with Gasteiger partial charge in [-0.25, -0.2) is 8.42 Å². The van der Waals surface area contributed by atoms with Gasteiger partial charge < -0.3 is 5.32 Å². The molecule has 5 heteroatoms. The average Bonchev–Trinajstić information content (AvgIpc) is 2.89. The smallest absolute Gasteiger partial charge is 0.155 e. The van der Waals surface area contributed by atoms with Crippen molar-refractivity contribution in [3.8, 4) is 0 Å². The molecule has 1 aromatic heterocycles. The minimum Gasteiger partial charge on any atom is -0.309 e. The van der Waals surface area contributed by atoms with E-state index in [1.54, 1.807) is 11.3 Å². The van der Waals surface area contributed by atoms with Crippen molar-refractivity contribution in [2.75, 3.05) is 12.3 Å². The molecule has 2 heterocycles. The van der Waals surface area contributed by atoms with Crippen molar-refractivity contribution in [3.05, 3.63) is 35.2 Å². The van der Waals surface area contributed by atoms with E-state index in [9.17, 15) is 8.42 Å². The summed E-state index contributed by atoms with van der Waals surface area (Å²) < 4.78 is 26.2. The fourth-order valence-electron chi connectivity index (χ4n) is 3.25. The predicted octanol–water partition coefficient (Wildman–Crippen LogP) is 3.52. The summed E-state index contributed by atoms with van der Waals surface area (Å²) in [4.78, 5) is 0. The largest absolute Gasteiger partial charge is 0.309 e. The van der Waals surface area contributed by atoms with Crippen LogP contribution in [-0.2, 0) is 9.84 Å². The molecule has 1 saturated heterocycles. The van der Waals surface area contributed by atoms with Gasteiger partial charge in [-0.1, -0.05) is 31.5 Å². The molecule has 1 N–H and O–H groups in total. The van der Waals surface area contributed by atoms with E-state index < -0.39 is 9.84 Å². The second-order valence-electron chi connectivity index (χ2n) is 5.62. The van der Waals surface area contributed by atoms with Gasteiger partial charge >= 0.3 is 0 Å². The van der Waals surface area contributed by atoms with Gasteiger partial charge in [-0.3, -0.25) is 0 Å².